The molecule has 0 spiro atoms. The molecule has 0 heterocycles. The summed E-state index contributed by atoms with van der Waals surface area (Å²) in [6.45, 7) is 0. The van der Waals surface area contributed by atoms with Gasteiger partial charge in [0.1, 0.15) is 0 Å². The van der Waals surface area contributed by atoms with Gasteiger partial charge in [-0.05, 0) is 55.2 Å². The lowest BCUT2D eigenvalue weighted by Gasteiger charge is -2.26. The zero-order chi connectivity index (χ0) is 12.1. The van der Waals surface area contributed by atoms with Crippen LogP contribution in [0.1, 0.15) is 42.7 Å². The molecule has 2 rings (SSSR count). The Kier molecular flexibility index (Phi) is 4.23. The molecule has 0 aliphatic heterocycles. The first kappa shape index (κ1) is 12.2. The van der Waals surface area contributed by atoms with Crippen LogP contribution >= 0.6 is 11.6 Å². The fourth-order valence-electron chi connectivity index (χ4n) is 2.58. The second kappa shape index (κ2) is 5.89. The van der Waals surface area contributed by atoms with Gasteiger partial charge < -0.3 is 0 Å². The number of nitrogens with zero attached hydrogens (tertiary/aromatic N) is 1. The van der Waals surface area contributed by atoms with Gasteiger partial charge in [0.25, 0.3) is 0 Å². The average molecular weight is 246 g/mol. The van der Waals surface area contributed by atoms with Gasteiger partial charge in [0, 0.05) is 5.54 Å². The van der Waals surface area contributed by atoms with E-state index in [1.54, 1.807) is 5.54 Å². The van der Waals surface area contributed by atoms with E-state index in [0.29, 0.717) is 11.8 Å². The highest BCUT2D eigenvalue weighted by Crippen LogP contribution is 2.36. The number of hydrogen-bond donors (Lipinski definition) is 0. The van der Waals surface area contributed by atoms with Gasteiger partial charge in [-0.1, -0.05) is 29.8 Å². The molecule has 0 radical (unpaired) electrons. The van der Waals surface area contributed by atoms with Crippen LogP contribution in [0, 0.1) is 17.2 Å². The van der Waals surface area contributed by atoms with Gasteiger partial charge in [-0.15, -0.1) is 0 Å². The Morgan fingerprint density at radius 3 is 2.29 bits per heavy atom. The summed E-state index contributed by atoms with van der Waals surface area (Å²) in [5, 5.41) is 8.76. The molecule has 0 N–H and O–H groups in total. The van der Waals surface area contributed by atoms with E-state index in [-0.39, 0.29) is 0 Å². The highest BCUT2D eigenvalue weighted by atomic mass is 35.5. The van der Waals surface area contributed by atoms with Crippen LogP contribution in [0.3, 0.4) is 0 Å². The fraction of sp³-hybridized carbons (Fsp3) is 0.400. The topological polar surface area (TPSA) is 23.8 Å². The first-order valence-corrected chi connectivity index (χ1v) is 6.54. The Morgan fingerprint density at radius 2 is 1.76 bits per heavy atom. The molecule has 0 bridgehead atoms. The van der Waals surface area contributed by atoms with Gasteiger partial charge in [-0.3, -0.25) is 0 Å². The predicted octanol–water partition coefficient (Wildman–Crippen LogP) is 4.58. The van der Waals surface area contributed by atoms with E-state index >= 15 is 0 Å². The van der Waals surface area contributed by atoms with Crippen molar-refractivity contribution < 1.29 is 0 Å². The molecule has 0 aromatic heterocycles. The minimum absolute atomic E-state index is 0.655. The number of benzene rings is 1. The van der Waals surface area contributed by atoms with E-state index in [2.05, 4.69) is 24.3 Å². The van der Waals surface area contributed by atoms with Crippen LogP contribution in [-0.4, -0.2) is 0 Å². The Hall–Kier alpha value is -1.26. The molecule has 1 saturated carbocycles. The van der Waals surface area contributed by atoms with Crippen LogP contribution < -0.4 is 0 Å². The maximum atomic E-state index is 8.76. The van der Waals surface area contributed by atoms with Crippen LogP contribution in [-0.2, 0) is 0 Å². The van der Waals surface area contributed by atoms with Gasteiger partial charge in [0.05, 0.1) is 11.6 Å². The third kappa shape index (κ3) is 3.11. The summed E-state index contributed by atoms with van der Waals surface area (Å²) in [7, 11) is 0. The first-order chi connectivity index (χ1) is 8.33. The van der Waals surface area contributed by atoms with Crippen molar-refractivity contribution in [2.45, 2.75) is 31.6 Å². The van der Waals surface area contributed by atoms with Crippen molar-refractivity contribution in [3.05, 3.63) is 47.0 Å². The van der Waals surface area contributed by atoms with E-state index in [4.69, 9.17) is 16.9 Å². The standard InChI is InChI=1S/C15H16ClN/c16-10-9-12-1-5-14(6-2-12)15-7-3-13(11-17)4-8-15/h3-4,7-10,12,14H,1-2,5-6H2/b10-9+. The highest BCUT2D eigenvalue weighted by molar-refractivity contribution is 6.25. The van der Waals surface area contributed by atoms with Crippen LogP contribution in [0.2, 0.25) is 0 Å². The fourth-order valence-corrected chi connectivity index (χ4v) is 2.78. The Morgan fingerprint density at radius 1 is 1.12 bits per heavy atom. The van der Waals surface area contributed by atoms with Crippen molar-refractivity contribution in [1.29, 1.82) is 5.26 Å². The van der Waals surface area contributed by atoms with Gasteiger partial charge in [0.2, 0.25) is 0 Å². The second-order valence-electron chi connectivity index (χ2n) is 4.66. The van der Waals surface area contributed by atoms with Crippen LogP contribution in [0.5, 0.6) is 0 Å². The Balaban J connectivity index is 1.98. The SMILES string of the molecule is N#Cc1ccc(C2CCC(/C=C/Cl)CC2)cc1. The molecule has 1 aliphatic rings. The third-order valence-electron chi connectivity index (χ3n) is 3.63. The van der Waals surface area contributed by atoms with Crippen molar-refractivity contribution in [2.75, 3.05) is 0 Å². The smallest absolute Gasteiger partial charge is 0.0991 e. The normalized spacial score (nSPS) is 24.7. The van der Waals surface area contributed by atoms with E-state index in [1.807, 2.05) is 12.1 Å². The number of halogens is 1. The van der Waals surface area contributed by atoms with E-state index in [0.717, 1.165) is 5.56 Å². The molecule has 17 heavy (non-hydrogen) atoms. The predicted molar refractivity (Wildman–Crippen MR) is 70.8 cm³/mol. The molecule has 2 heteroatoms. The van der Waals surface area contributed by atoms with E-state index < -0.39 is 0 Å². The average Bonchev–Trinajstić information content (AvgIpc) is 2.40. The van der Waals surface area contributed by atoms with E-state index in [9.17, 15) is 0 Å². The molecule has 1 aromatic carbocycles. The largest absolute Gasteiger partial charge is 0.192 e. The maximum absolute atomic E-state index is 8.76. The molecule has 0 saturated heterocycles. The second-order valence-corrected chi connectivity index (χ2v) is 4.92. The molecule has 88 valence electrons. The van der Waals surface area contributed by atoms with Crippen molar-refractivity contribution in [2.24, 2.45) is 5.92 Å². The van der Waals surface area contributed by atoms with Gasteiger partial charge in [-0.2, -0.15) is 5.26 Å². The summed E-state index contributed by atoms with van der Waals surface area (Å²) in [6.07, 6.45) is 6.98. The molecule has 0 unspecified atom stereocenters. The van der Waals surface area contributed by atoms with Crippen molar-refractivity contribution in [3.63, 3.8) is 0 Å². The Labute approximate surface area is 108 Å². The number of rotatable bonds is 2. The molecule has 1 fully saturated rings. The molecular formula is C15H16ClN. The molecular weight excluding hydrogens is 230 g/mol. The van der Waals surface area contributed by atoms with Crippen LogP contribution in [0.4, 0.5) is 0 Å². The summed E-state index contributed by atoms with van der Waals surface area (Å²) >= 11 is 5.61. The molecule has 1 nitrogen and oxygen atoms in total. The summed E-state index contributed by atoms with van der Waals surface area (Å²) in [5.41, 5.74) is 3.76. The van der Waals surface area contributed by atoms with Gasteiger partial charge in [-0.25, -0.2) is 0 Å². The lowest BCUT2D eigenvalue weighted by atomic mass is 9.79. The Bertz CT molecular complexity index is 419. The summed E-state index contributed by atoms with van der Waals surface area (Å²) in [6, 6.07) is 10.2. The van der Waals surface area contributed by atoms with E-state index in [1.165, 1.54) is 31.2 Å². The third-order valence-corrected chi connectivity index (χ3v) is 3.77. The van der Waals surface area contributed by atoms with Crippen molar-refractivity contribution in [3.8, 4) is 6.07 Å². The summed E-state index contributed by atoms with van der Waals surface area (Å²) in [4.78, 5) is 0. The number of hydrogen-bond acceptors (Lipinski definition) is 1. The quantitative estimate of drug-likeness (QED) is 0.748. The highest BCUT2D eigenvalue weighted by Gasteiger charge is 2.20. The zero-order valence-electron chi connectivity index (χ0n) is 9.77. The lowest BCUT2D eigenvalue weighted by Crippen LogP contribution is -2.11. The van der Waals surface area contributed by atoms with Gasteiger partial charge in [0.15, 0.2) is 0 Å². The molecule has 0 amide bonds. The molecule has 0 atom stereocenters. The van der Waals surface area contributed by atoms with Crippen LogP contribution in [0.25, 0.3) is 0 Å². The van der Waals surface area contributed by atoms with Crippen molar-refractivity contribution >= 4 is 11.6 Å². The molecule has 1 aromatic rings. The summed E-state index contributed by atoms with van der Waals surface area (Å²) < 4.78 is 0. The van der Waals surface area contributed by atoms with Gasteiger partial charge >= 0.3 is 0 Å². The first-order valence-electron chi connectivity index (χ1n) is 6.10. The maximum Gasteiger partial charge on any atom is 0.0991 e. The number of nitriles is 1. The molecule has 1 aliphatic carbocycles. The lowest BCUT2D eigenvalue weighted by molar-refractivity contribution is 0.376. The van der Waals surface area contributed by atoms with Crippen molar-refractivity contribution in [1.82, 2.24) is 0 Å². The van der Waals surface area contributed by atoms with Crippen LogP contribution in [0.15, 0.2) is 35.9 Å². The number of allylic oxidation sites excluding steroid dienone is 1. The zero-order valence-corrected chi connectivity index (χ0v) is 10.5. The minimum atomic E-state index is 0.655. The summed E-state index contributed by atoms with van der Waals surface area (Å²) in [5.74, 6) is 1.31. The monoisotopic (exact) mass is 245 g/mol. The minimum Gasteiger partial charge on any atom is -0.192 e.